The first-order valence-corrected chi connectivity index (χ1v) is 8.55. The Balaban J connectivity index is 2.51. The second-order valence-corrected chi connectivity index (χ2v) is 5.75. The zero-order chi connectivity index (χ0) is 19.0. The highest BCUT2D eigenvalue weighted by Gasteiger charge is 2.49. The predicted octanol–water partition coefficient (Wildman–Crippen LogP) is 2.21. The third kappa shape index (κ3) is 4.06. The first-order chi connectivity index (χ1) is 12.6. The van der Waals surface area contributed by atoms with Crippen LogP contribution in [0, 0.1) is 17.3 Å². The van der Waals surface area contributed by atoms with E-state index in [0.717, 1.165) is 16.5 Å². The van der Waals surface area contributed by atoms with Gasteiger partial charge in [0.15, 0.2) is 5.41 Å². The number of aliphatic hydroxyl groups excluding tert-OH is 1. The van der Waals surface area contributed by atoms with E-state index >= 15 is 0 Å². The van der Waals surface area contributed by atoms with E-state index in [2.05, 4.69) is 16.8 Å². The van der Waals surface area contributed by atoms with Crippen molar-refractivity contribution < 1.29 is 24.2 Å². The number of ether oxygens (including phenoxy) is 2. The third-order valence-electron chi connectivity index (χ3n) is 4.09. The van der Waals surface area contributed by atoms with E-state index in [0.29, 0.717) is 0 Å². The van der Waals surface area contributed by atoms with E-state index in [1.165, 1.54) is 0 Å². The lowest BCUT2D eigenvalue weighted by Crippen LogP contribution is -2.43. The minimum atomic E-state index is -1.58. The van der Waals surface area contributed by atoms with Crippen LogP contribution in [0.2, 0.25) is 0 Å². The maximum absolute atomic E-state index is 12.8. The standard InChI is InChI=1S/C20H23NO5/c1-3-25-18(23)20(11-7-8-12-22,19(24)26-4-2)13-15-14-21-17-10-6-5-9-16(15)17/h5-6,9-10,14,21-22H,3-4,11-13H2,1-2H3. The summed E-state index contributed by atoms with van der Waals surface area (Å²) < 4.78 is 10.4. The van der Waals surface area contributed by atoms with E-state index in [-0.39, 0.29) is 32.7 Å². The minimum absolute atomic E-state index is 0.0921. The van der Waals surface area contributed by atoms with Gasteiger partial charge in [0, 0.05) is 29.9 Å². The number of hydrogen-bond donors (Lipinski definition) is 2. The zero-order valence-corrected chi connectivity index (χ0v) is 15.0. The van der Waals surface area contributed by atoms with Crippen molar-refractivity contribution in [3.8, 4) is 11.8 Å². The topological polar surface area (TPSA) is 88.6 Å². The Morgan fingerprint density at radius 3 is 2.38 bits per heavy atom. The number of fused-ring (bicyclic) bond motifs is 1. The second-order valence-electron chi connectivity index (χ2n) is 5.75. The van der Waals surface area contributed by atoms with Crippen LogP contribution in [0.25, 0.3) is 10.9 Å². The van der Waals surface area contributed by atoms with Gasteiger partial charge in [0.1, 0.15) is 6.61 Å². The van der Waals surface area contributed by atoms with Gasteiger partial charge in [-0.3, -0.25) is 9.59 Å². The molecule has 2 aromatic rings. The van der Waals surface area contributed by atoms with E-state index < -0.39 is 17.4 Å². The molecule has 0 saturated heterocycles. The molecule has 0 bridgehead atoms. The highest BCUT2D eigenvalue weighted by molar-refractivity contribution is 6.01. The normalized spacial score (nSPS) is 10.9. The number of para-hydroxylation sites is 1. The monoisotopic (exact) mass is 357 g/mol. The molecule has 0 saturated carbocycles. The van der Waals surface area contributed by atoms with Crippen molar-refractivity contribution in [2.75, 3.05) is 19.8 Å². The molecule has 0 unspecified atom stereocenters. The average molecular weight is 357 g/mol. The first kappa shape index (κ1) is 19.5. The number of H-pyrrole nitrogens is 1. The molecule has 0 atom stereocenters. The van der Waals surface area contributed by atoms with E-state index in [1.807, 2.05) is 24.3 Å². The molecule has 6 nitrogen and oxygen atoms in total. The van der Waals surface area contributed by atoms with E-state index in [4.69, 9.17) is 14.6 Å². The zero-order valence-electron chi connectivity index (χ0n) is 15.0. The molecular weight excluding hydrogens is 334 g/mol. The van der Waals surface area contributed by atoms with Crippen LogP contribution in [-0.2, 0) is 25.5 Å². The molecule has 0 aliphatic rings. The summed E-state index contributed by atoms with van der Waals surface area (Å²) in [5.74, 6) is 3.86. The summed E-state index contributed by atoms with van der Waals surface area (Å²) >= 11 is 0. The van der Waals surface area contributed by atoms with Crippen LogP contribution in [-0.4, -0.2) is 41.8 Å². The van der Waals surface area contributed by atoms with Crippen molar-refractivity contribution >= 4 is 22.8 Å². The van der Waals surface area contributed by atoms with Crippen molar-refractivity contribution in [3.05, 3.63) is 36.0 Å². The summed E-state index contributed by atoms with van der Waals surface area (Å²) in [7, 11) is 0. The number of aliphatic hydroxyl groups is 1. The molecule has 0 aliphatic carbocycles. The Labute approximate surface area is 152 Å². The Morgan fingerprint density at radius 2 is 1.77 bits per heavy atom. The van der Waals surface area contributed by atoms with Crippen LogP contribution >= 0.6 is 0 Å². The molecule has 138 valence electrons. The molecule has 0 fully saturated rings. The molecule has 0 radical (unpaired) electrons. The predicted molar refractivity (Wildman–Crippen MR) is 97.2 cm³/mol. The summed E-state index contributed by atoms with van der Waals surface area (Å²) in [6.45, 7) is 3.29. The van der Waals surface area contributed by atoms with Crippen molar-refractivity contribution in [2.24, 2.45) is 5.41 Å². The van der Waals surface area contributed by atoms with Gasteiger partial charge < -0.3 is 19.6 Å². The SMILES string of the molecule is CCOC(=O)C(CC#CCO)(Cc1c[nH]c2ccccc12)C(=O)OCC. The summed E-state index contributed by atoms with van der Waals surface area (Å²) in [5, 5.41) is 9.85. The molecule has 26 heavy (non-hydrogen) atoms. The molecule has 6 heteroatoms. The highest BCUT2D eigenvalue weighted by Crippen LogP contribution is 2.33. The fraction of sp³-hybridized carbons (Fsp3) is 0.400. The molecular formula is C20H23NO5. The Morgan fingerprint density at radius 1 is 1.12 bits per heavy atom. The molecule has 0 spiro atoms. The maximum atomic E-state index is 12.8. The number of carbonyl (C=O) groups excluding carboxylic acids is 2. The van der Waals surface area contributed by atoms with Crippen molar-refractivity contribution in [3.63, 3.8) is 0 Å². The van der Waals surface area contributed by atoms with E-state index in [9.17, 15) is 9.59 Å². The van der Waals surface area contributed by atoms with Gasteiger partial charge in [0.05, 0.1) is 13.2 Å². The van der Waals surface area contributed by atoms with Crippen LogP contribution in [0.4, 0.5) is 0 Å². The second kappa shape index (κ2) is 9.07. The number of hydrogen-bond acceptors (Lipinski definition) is 5. The van der Waals surface area contributed by atoms with Crippen LogP contribution in [0.3, 0.4) is 0 Å². The number of carbonyl (C=O) groups is 2. The fourth-order valence-electron chi connectivity index (χ4n) is 2.85. The van der Waals surface area contributed by atoms with Gasteiger partial charge in [0.25, 0.3) is 0 Å². The number of benzene rings is 1. The lowest BCUT2D eigenvalue weighted by Gasteiger charge is -2.27. The van der Waals surface area contributed by atoms with Crippen molar-refractivity contribution in [2.45, 2.75) is 26.7 Å². The van der Waals surface area contributed by atoms with Gasteiger partial charge in [-0.25, -0.2) is 0 Å². The third-order valence-corrected chi connectivity index (χ3v) is 4.09. The Kier molecular flexibility index (Phi) is 6.81. The van der Waals surface area contributed by atoms with Gasteiger partial charge in [-0.15, -0.1) is 0 Å². The molecule has 2 N–H and O–H groups in total. The van der Waals surface area contributed by atoms with Gasteiger partial charge in [-0.2, -0.15) is 0 Å². The quantitative estimate of drug-likeness (QED) is 0.451. The van der Waals surface area contributed by atoms with Crippen molar-refractivity contribution in [1.82, 2.24) is 4.98 Å². The fourth-order valence-corrected chi connectivity index (χ4v) is 2.85. The largest absolute Gasteiger partial charge is 0.465 e. The lowest BCUT2D eigenvalue weighted by atomic mass is 9.78. The summed E-state index contributed by atoms with van der Waals surface area (Å²) in [6, 6.07) is 7.63. The Hall–Kier alpha value is -2.78. The molecule has 1 aromatic heterocycles. The van der Waals surface area contributed by atoms with Gasteiger partial charge in [-0.05, 0) is 25.5 Å². The van der Waals surface area contributed by atoms with Crippen LogP contribution in [0.15, 0.2) is 30.5 Å². The maximum Gasteiger partial charge on any atom is 0.324 e. The van der Waals surface area contributed by atoms with Gasteiger partial charge in [-0.1, -0.05) is 30.0 Å². The average Bonchev–Trinajstić information content (AvgIpc) is 3.04. The summed E-state index contributed by atoms with van der Waals surface area (Å²) in [4.78, 5) is 28.7. The van der Waals surface area contributed by atoms with E-state index in [1.54, 1.807) is 20.0 Å². The molecule has 0 aliphatic heterocycles. The van der Waals surface area contributed by atoms with Gasteiger partial charge in [0.2, 0.25) is 0 Å². The number of nitrogens with one attached hydrogen (secondary N) is 1. The molecule has 1 aromatic carbocycles. The number of esters is 2. The van der Waals surface area contributed by atoms with Crippen LogP contribution < -0.4 is 0 Å². The first-order valence-electron chi connectivity index (χ1n) is 8.55. The minimum Gasteiger partial charge on any atom is -0.465 e. The summed E-state index contributed by atoms with van der Waals surface area (Å²) in [6.07, 6.45) is 1.77. The molecule has 1 heterocycles. The van der Waals surface area contributed by atoms with Gasteiger partial charge >= 0.3 is 11.9 Å². The highest BCUT2D eigenvalue weighted by atomic mass is 16.6. The number of aromatic nitrogens is 1. The molecule has 2 rings (SSSR count). The number of aromatic amines is 1. The van der Waals surface area contributed by atoms with Crippen LogP contribution in [0.1, 0.15) is 25.8 Å². The lowest BCUT2D eigenvalue weighted by molar-refractivity contribution is -0.171. The number of rotatable bonds is 7. The Bertz CT molecular complexity index is 809. The molecule has 0 amide bonds. The smallest absolute Gasteiger partial charge is 0.324 e. The van der Waals surface area contributed by atoms with Crippen molar-refractivity contribution in [1.29, 1.82) is 0 Å². The van der Waals surface area contributed by atoms with Crippen LogP contribution in [0.5, 0.6) is 0 Å². The summed E-state index contributed by atoms with van der Waals surface area (Å²) in [5.41, 5.74) is 0.122.